The predicted octanol–water partition coefficient (Wildman–Crippen LogP) is 3.16. The molecule has 1 heterocycles. The molecule has 4 heteroatoms. The van der Waals surface area contributed by atoms with Crippen molar-refractivity contribution in [3.8, 4) is 0 Å². The highest BCUT2D eigenvalue weighted by atomic mass is 16.2. The first-order chi connectivity index (χ1) is 9.51. The molecule has 0 aromatic heterocycles. The average molecular weight is 277 g/mol. The SMILES string of the molecule is CC(C)CC1CCCC2(C1)C(N)=NC(=O)N2CC1CC1. The zero-order valence-corrected chi connectivity index (χ0v) is 12.8. The summed E-state index contributed by atoms with van der Waals surface area (Å²) in [5, 5.41) is 0. The van der Waals surface area contributed by atoms with Gasteiger partial charge in [0.15, 0.2) is 0 Å². The Kier molecular flexibility index (Phi) is 3.51. The molecule has 0 saturated heterocycles. The summed E-state index contributed by atoms with van der Waals surface area (Å²) >= 11 is 0. The molecule has 2 amide bonds. The standard InChI is InChI=1S/C16H27N3O/c1-11(2)8-13-4-3-7-16(9-13)14(17)18-15(20)19(16)10-12-5-6-12/h11-13H,3-10H2,1-2H3,(H2,17,18,20). The summed E-state index contributed by atoms with van der Waals surface area (Å²) in [5.74, 6) is 2.69. The lowest BCUT2D eigenvalue weighted by Gasteiger charge is -2.44. The Morgan fingerprint density at radius 1 is 1.35 bits per heavy atom. The first kappa shape index (κ1) is 13.9. The van der Waals surface area contributed by atoms with E-state index in [0.717, 1.165) is 19.4 Å². The summed E-state index contributed by atoms with van der Waals surface area (Å²) in [6, 6.07) is -0.0837. The molecule has 0 radical (unpaired) electrons. The average Bonchev–Trinajstić information content (AvgIpc) is 3.15. The fraction of sp³-hybridized carbons (Fsp3) is 0.875. The second-order valence-corrected chi connectivity index (χ2v) is 7.46. The van der Waals surface area contributed by atoms with Crippen molar-refractivity contribution in [2.75, 3.05) is 6.54 Å². The third kappa shape index (κ3) is 2.45. The van der Waals surface area contributed by atoms with Crippen LogP contribution in [0.5, 0.6) is 0 Å². The maximum Gasteiger partial charge on any atom is 0.346 e. The second kappa shape index (κ2) is 5.05. The molecule has 2 saturated carbocycles. The number of amides is 2. The minimum absolute atomic E-state index is 0.0837. The van der Waals surface area contributed by atoms with Crippen LogP contribution < -0.4 is 5.73 Å². The smallest absolute Gasteiger partial charge is 0.346 e. The van der Waals surface area contributed by atoms with Crippen molar-refractivity contribution in [1.82, 2.24) is 4.90 Å². The Morgan fingerprint density at radius 3 is 2.75 bits per heavy atom. The van der Waals surface area contributed by atoms with Crippen LogP contribution in [0.1, 0.15) is 58.8 Å². The summed E-state index contributed by atoms with van der Waals surface area (Å²) in [4.78, 5) is 18.4. The quantitative estimate of drug-likeness (QED) is 0.858. The molecule has 3 aliphatic rings. The van der Waals surface area contributed by atoms with Crippen molar-refractivity contribution in [2.45, 2.75) is 64.3 Å². The Morgan fingerprint density at radius 2 is 2.10 bits per heavy atom. The lowest BCUT2D eigenvalue weighted by atomic mass is 9.72. The lowest BCUT2D eigenvalue weighted by molar-refractivity contribution is 0.110. The minimum atomic E-state index is -0.239. The van der Waals surface area contributed by atoms with Crippen LogP contribution >= 0.6 is 0 Å². The normalized spacial score (nSPS) is 34.1. The number of urea groups is 1. The van der Waals surface area contributed by atoms with E-state index >= 15 is 0 Å². The van der Waals surface area contributed by atoms with Crippen molar-refractivity contribution in [2.24, 2.45) is 28.5 Å². The van der Waals surface area contributed by atoms with Crippen LogP contribution in [0.2, 0.25) is 0 Å². The van der Waals surface area contributed by atoms with Gasteiger partial charge in [-0.15, -0.1) is 0 Å². The van der Waals surface area contributed by atoms with Gasteiger partial charge >= 0.3 is 6.03 Å². The van der Waals surface area contributed by atoms with Crippen LogP contribution in [-0.4, -0.2) is 28.9 Å². The zero-order chi connectivity index (χ0) is 14.3. The fourth-order valence-electron chi connectivity index (χ4n) is 4.11. The number of rotatable bonds is 4. The van der Waals surface area contributed by atoms with Gasteiger partial charge in [0.1, 0.15) is 11.4 Å². The van der Waals surface area contributed by atoms with E-state index in [9.17, 15) is 4.79 Å². The zero-order valence-electron chi connectivity index (χ0n) is 12.8. The van der Waals surface area contributed by atoms with Crippen molar-refractivity contribution in [3.63, 3.8) is 0 Å². The molecular weight excluding hydrogens is 250 g/mol. The molecule has 2 unspecified atom stereocenters. The van der Waals surface area contributed by atoms with E-state index in [-0.39, 0.29) is 11.6 Å². The van der Waals surface area contributed by atoms with Crippen LogP contribution in [0.4, 0.5) is 4.79 Å². The molecule has 1 aliphatic heterocycles. The molecule has 0 aromatic carbocycles. The Hall–Kier alpha value is -1.06. The minimum Gasteiger partial charge on any atom is -0.385 e. The van der Waals surface area contributed by atoms with Crippen LogP contribution in [0.3, 0.4) is 0 Å². The molecule has 2 fully saturated rings. The molecule has 0 bridgehead atoms. The van der Waals surface area contributed by atoms with Crippen LogP contribution in [-0.2, 0) is 0 Å². The summed E-state index contributed by atoms with van der Waals surface area (Å²) in [5.41, 5.74) is 5.96. The number of nitrogens with two attached hydrogens (primary N) is 1. The van der Waals surface area contributed by atoms with E-state index in [1.165, 1.54) is 32.1 Å². The van der Waals surface area contributed by atoms with Gasteiger partial charge in [-0.3, -0.25) is 0 Å². The number of nitrogens with zero attached hydrogens (tertiary/aromatic N) is 2. The van der Waals surface area contributed by atoms with Crippen molar-refractivity contribution < 1.29 is 4.79 Å². The first-order valence-corrected chi connectivity index (χ1v) is 8.17. The molecule has 2 aliphatic carbocycles. The number of amidine groups is 1. The van der Waals surface area contributed by atoms with Crippen LogP contribution in [0.25, 0.3) is 0 Å². The number of aliphatic imine (C=N–C) groups is 1. The number of carbonyl (C=O) groups is 1. The number of hydrogen-bond donors (Lipinski definition) is 1. The largest absolute Gasteiger partial charge is 0.385 e. The predicted molar refractivity (Wildman–Crippen MR) is 80.6 cm³/mol. The third-order valence-corrected chi connectivity index (χ3v) is 5.21. The molecule has 3 rings (SSSR count). The van der Waals surface area contributed by atoms with Gasteiger partial charge in [0.05, 0.1) is 0 Å². The van der Waals surface area contributed by atoms with Gasteiger partial charge in [-0.1, -0.05) is 26.7 Å². The van der Waals surface area contributed by atoms with E-state index in [0.29, 0.717) is 23.6 Å². The fourth-order valence-corrected chi connectivity index (χ4v) is 4.11. The molecular formula is C16H27N3O. The van der Waals surface area contributed by atoms with Crippen LogP contribution in [0, 0.1) is 17.8 Å². The number of hydrogen-bond acceptors (Lipinski definition) is 2. The van der Waals surface area contributed by atoms with E-state index in [1.54, 1.807) is 0 Å². The van der Waals surface area contributed by atoms with Gasteiger partial charge in [-0.2, -0.15) is 4.99 Å². The van der Waals surface area contributed by atoms with Gasteiger partial charge in [0, 0.05) is 6.54 Å². The molecule has 2 atom stereocenters. The Bertz CT molecular complexity index is 427. The Balaban J connectivity index is 1.79. The van der Waals surface area contributed by atoms with Crippen LogP contribution in [0.15, 0.2) is 4.99 Å². The van der Waals surface area contributed by atoms with E-state index in [4.69, 9.17) is 5.73 Å². The molecule has 112 valence electrons. The monoisotopic (exact) mass is 277 g/mol. The summed E-state index contributed by atoms with van der Waals surface area (Å²) in [6.07, 6.45) is 8.24. The summed E-state index contributed by atoms with van der Waals surface area (Å²) in [6.45, 7) is 5.43. The van der Waals surface area contributed by atoms with Crippen molar-refractivity contribution in [1.29, 1.82) is 0 Å². The maximum atomic E-state index is 12.2. The van der Waals surface area contributed by atoms with Crippen molar-refractivity contribution >= 4 is 11.9 Å². The van der Waals surface area contributed by atoms with Gasteiger partial charge in [-0.25, -0.2) is 4.79 Å². The van der Waals surface area contributed by atoms with E-state index in [2.05, 4.69) is 18.8 Å². The van der Waals surface area contributed by atoms with E-state index in [1.807, 2.05) is 4.90 Å². The highest BCUT2D eigenvalue weighted by molar-refractivity contribution is 6.05. The third-order valence-electron chi connectivity index (χ3n) is 5.21. The number of carbonyl (C=O) groups excluding carboxylic acids is 1. The summed E-state index contributed by atoms with van der Waals surface area (Å²) < 4.78 is 0. The maximum absolute atomic E-state index is 12.2. The highest BCUT2D eigenvalue weighted by Gasteiger charge is 2.51. The molecule has 2 N–H and O–H groups in total. The lowest BCUT2D eigenvalue weighted by Crippen LogP contribution is -2.57. The molecule has 0 aromatic rings. The Labute approximate surface area is 121 Å². The molecule has 20 heavy (non-hydrogen) atoms. The van der Waals surface area contributed by atoms with Gasteiger partial charge in [0.25, 0.3) is 0 Å². The topological polar surface area (TPSA) is 58.7 Å². The molecule has 1 spiro atoms. The molecule has 4 nitrogen and oxygen atoms in total. The first-order valence-electron chi connectivity index (χ1n) is 8.17. The van der Waals surface area contributed by atoms with Gasteiger partial charge in [0.2, 0.25) is 0 Å². The van der Waals surface area contributed by atoms with Gasteiger partial charge < -0.3 is 10.6 Å². The summed E-state index contributed by atoms with van der Waals surface area (Å²) in [7, 11) is 0. The van der Waals surface area contributed by atoms with Crippen molar-refractivity contribution in [3.05, 3.63) is 0 Å². The second-order valence-electron chi connectivity index (χ2n) is 7.46. The highest BCUT2D eigenvalue weighted by Crippen LogP contribution is 2.44. The van der Waals surface area contributed by atoms with Gasteiger partial charge in [-0.05, 0) is 49.9 Å². The van der Waals surface area contributed by atoms with E-state index < -0.39 is 0 Å².